The van der Waals surface area contributed by atoms with Crippen molar-refractivity contribution < 1.29 is 14.3 Å². The maximum atomic E-state index is 11.4. The molecule has 0 aromatic heterocycles. The Hall–Kier alpha value is -1.71. The summed E-state index contributed by atoms with van der Waals surface area (Å²) in [6.07, 6.45) is 0. The van der Waals surface area contributed by atoms with Crippen LogP contribution in [0.2, 0.25) is 0 Å². The second kappa shape index (κ2) is 4.43. The van der Waals surface area contributed by atoms with Gasteiger partial charge in [-0.15, -0.1) is 0 Å². The van der Waals surface area contributed by atoms with Gasteiger partial charge in [-0.05, 0) is 18.2 Å². The van der Waals surface area contributed by atoms with E-state index in [1.807, 2.05) is 0 Å². The zero-order valence-corrected chi connectivity index (χ0v) is 9.45. The smallest absolute Gasteiger partial charge is 0.337 e. The summed E-state index contributed by atoms with van der Waals surface area (Å²) in [4.78, 5) is 11.4. The van der Waals surface area contributed by atoms with E-state index < -0.39 is 0 Å². The maximum Gasteiger partial charge on any atom is 0.337 e. The van der Waals surface area contributed by atoms with Gasteiger partial charge < -0.3 is 14.8 Å². The lowest BCUT2D eigenvalue weighted by molar-refractivity contribution is 0.0601. The number of fused-ring (bicyclic) bond motifs is 1. The number of rotatable bonds is 1. The Bertz CT molecular complexity index is 403. The highest BCUT2D eigenvalue weighted by Crippen LogP contribution is 2.28. The number of anilines is 1. The van der Waals surface area contributed by atoms with E-state index in [0.717, 1.165) is 18.0 Å². The molecule has 0 amide bonds. The molecule has 0 bridgehead atoms. The first-order chi connectivity index (χ1) is 7.70. The van der Waals surface area contributed by atoms with Crippen molar-refractivity contribution in [3.05, 3.63) is 23.8 Å². The molecular weight excluding hydrogens is 206 g/mol. The molecule has 2 rings (SSSR count). The summed E-state index contributed by atoms with van der Waals surface area (Å²) < 4.78 is 10.3. The molecule has 1 aromatic rings. The van der Waals surface area contributed by atoms with Crippen molar-refractivity contribution in [1.29, 1.82) is 0 Å². The Labute approximate surface area is 94.6 Å². The Kier molecular flexibility index (Phi) is 2.99. The number of hydrogen-bond donors (Lipinski definition) is 1. The molecule has 1 heterocycles. The van der Waals surface area contributed by atoms with Crippen LogP contribution in [0.25, 0.3) is 0 Å². The molecule has 1 aliphatic heterocycles. The van der Waals surface area contributed by atoms with Gasteiger partial charge in [-0.3, -0.25) is 0 Å². The molecule has 16 heavy (non-hydrogen) atoms. The zero-order valence-electron chi connectivity index (χ0n) is 9.45. The molecule has 0 radical (unpaired) electrons. The molecule has 4 heteroatoms. The minimum atomic E-state index is -0.332. The summed E-state index contributed by atoms with van der Waals surface area (Å²) in [5, 5.41) is 3.26. The first kappa shape index (κ1) is 10.8. The van der Waals surface area contributed by atoms with Gasteiger partial charge in [0.2, 0.25) is 0 Å². The van der Waals surface area contributed by atoms with Gasteiger partial charge in [0.1, 0.15) is 5.75 Å². The predicted molar refractivity (Wildman–Crippen MR) is 60.9 cm³/mol. The Morgan fingerprint density at radius 1 is 1.56 bits per heavy atom. The van der Waals surface area contributed by atoms with E-state index in [2.05, 4.69) is 17.0 Å². The summed E-state index contributed by atoms with van der Waals surface area (Å²) in [6.45, 7) is 3.65. The number of ether oxygens (including phenoxy) is 2. The Balaban J connectivity index is 2.28. The third-order valence-corrected chi connectivity index (χ3v) is 2.56. The van der Waals surface area contributed by atoms with E-state index in [9.17, 15) is 4.79 Å². The van der Waals surface area contributed by atoms with E-state index in [4.69, 9.17) is 4.74 Å². The number of carbonyl (C=O) groups excluding carboxylic acids is 1. The van der Waals surface area contributed by atoms with E-state index in [1.165, 1.54) is 7.11 Å². The molecule has 1 aromatic carbocycles. The summed E-state index contributed by atoms with van der Waals surface area (Å²) in [5.74, 6) is 0.910. The van der Waals surface area contributed by atoms with Crippen molar-refractivity contribution in [2.24, 2.45) is 5.92 Å². The van der Waals surface area contributed by atoms with Crippen LogP contribution in [0.5, 0.6) is 5.75 Å². The SMILES string of the molecule is COC(=O)c1ccc2c(c1)NCC(C)CO2. The van der Waals surface area contributed by atoms with E-state index >= 15 is 0 Å². The summed E-state index contributed by atoms with van der Waals surface area (Å²) in [6, 6.07) is 5.27. The van der Waals surface area contributed by atoms with Crippen LogP contribution in [0.3, 0.4) is 0 Å². The van der Waals surface area contributed by atoms with Crippen molar-refractivity contribution in [2.45, 2.75) is 6.92 Å². The van der Waals surface area contributed by atoms with E-state index in [0.29, 0.717) is 18.1 Å². The number of benzene rings is 1. The van der Waals surface area contributed by atoms with Gasteiger partial charge in [-0.25, -0.2) is 4.79 Å². The van der Waals surface area contributed by atoms with Crippen molar-refractivity contribution in [3.8, 4) is 5.75 Å². The largest absolute Gasteiger partial charge is 0.491 e. The minimum absolute atomic E-state index is 0.332. The molecule has 0 spiro atoms. The highest BCUT2D eigenvalue weighted by Gasteiger charge is 2.15. The number of nitrogens with one attached hydrogen (secondary N) is 1. The average Bonchev–Trinajstić information content (AvgIpc) is 2.50. The molecule has 0 fully saturated rings. The second-order valence-corrected chi connectivity index (χ2v) is 4.00. The highest BCUT2D eigenvalue weighted by atomic mass is 16.5. The summed E-state index contributed by atoms with van der Waals surface area (Å²) in [5.41, 5.74) is 1.39. The Morgan fingerprint density at radius 2 is 2.38 bits per heavy atom. The number of hydrogen-bond acceptors (Lipinski definition) is 4. The van der Waals surface area contributed by atoms with E-state index in [-0.39, 0.29) is 5.97 Å². The second-order valence-electron chi connectivity index (χ2n) is 4.00. The van der Waals surface area contributed by atoms with E-state index in [1.54, 1.807) is 18.2 Å². The first-order valence-electron chi connectivity index (χ1n) is 5.29. The van der Waals surface area contributed by atoms with Crippen LogP contribution in [-0.4, -0.2) is 26.2 Å². The molecule has 86 valence electrons. The zero-order chi connectivity index (χ0) is 11.5. The fourth-order valence-corrected chi connectivity index (χ4v) is 1.61. The third-order valence-electron chi connectivity index (χ3n) is 2.56. The number of carbonyl (C=O) groups is 1. The van der Waals surface area contributed by atoms with Crippen molar-refractivity contribution >= 4 is 11.7 Å². The molecule has 1 atom stereocenters. The molecule has 1 unspecified atom stereocenters. The van der Waals surface area contributed by atoms with Gasteiger partial charge in [-0.2, -0.15) is 0 Å². The third kappa shape index (κ3) is 2.10. The quantitative estimate of drug-likeness (QED) is 0.736. The minimum Gasteiger partial charge on any atom is -0.491 e. The van der Waals surface area contributed by atoms with Crippen LogP contribution in [0.15, 0.2) is 18.2 Å². The number of methoxy groups -OCH3 is 1. The molecule has 1 N–H and O–H groups in total. The molecule has 0 saturated carbocycles. The summed E-state index contributed by atoms with van der Waals surface area (Å²) >= 11 is 0. The van der Waals surface area contributed by atoms with Crippen LogP contribution in [0.1, 0.15) is 17.3 Å². The molecule has 1 aliphatic rings. The maximum absolute atomic E-state index is 11.4. The lowest BCUT2D eigenvalue weighted by Gasteiger charge is -2.08. The van der Waals surface area contributed by atoms with Gasteiger partial charge in [0.05, 0.1) is 25.0 Å². The highest BCUT2D eigenvalue weighted by molar-refractivity contribution is 5.91. The van der Waals surface area contributed by atoms with Crippen LogP contribution >= 0.6 is 0 Å². The monoisotopic (exact) mass is 221 g/mol. The molecular formula is C12H15NO3. The lowest BCUT2D eigenvalue weighted by Crippen LogP contribution is -2.13. The predicted octanol–water partition coefficient (Wildman–Crippen LogP) is 1.91. The van der Waals surface area contributed by atoms with Crippen LogP contribution in [0, 0.1) is 5.92 Å². The van der Waals surface area contributed by atoms with Gasteiger partial charge >= 0.3 is 5.97 Å². The van der Waals surface area contributed by atoms with Crippen molar-refractivity contribution in [2.75, 3.05) is 25.6 Å². The number of esters is 1. The standard InChI is InChI=1S/C12H15NO3/c1-8-6-13-10-5-9(12(14)15-2)3-4-11(10)16-7-8/h3-5,8,13H,6-7H2,1-2H3. The van der Waals surface area contributed by atoms with Gasteiger partial charge in [0.25, 0.3) is 0 Å². The van der Waals surface area contributed by atoms with Crippen LogP contribution in [0.4, 0.5) is 5.69 Å². The van der Waals surface area contributed by atoms with Crippen molar-refractivity contribution in [3.63, 3.8) is 0 Å². The Morgan fingerprint density at radius 3 is 3.12 bits per heavy atom. The van der Waals surface area contributed by atoms with Gasteiger partial charge in [-0.1, -0.05) is 6.92 Å². The molecule has 0 aliphatic carbocycles. The average molecular weight is 221 g/mol. The molecule has 0 saturated heterocycles. The first-order valence-corrected chi connectivity index (χ1v) is 5.29. The fourth-order valence-electron chi connectivity index (χ4n) is 1.61. The van der Waals surface area contributed by atoms with Crippen LogP contribution < -0.4 is 10.1 Å². The normalized spacial score (nSPS) is 18.8. The van der Waals surface area contributed by atoms with Crippen LogP contribution in [-0.2, 0) is 4.74 Å². The lowest BCUT2D eigenvalue weighted by atomic mass is 10.2. The van der Waals surface area contributed by atoms with Crippen molar-refractivity contribution in [1.82, 2.24) is 0 Å². The van der Waals surface area contributed by atoms with Gasteiger partial charge in [0.15, 0.2) is 0 Å². The molecule has 4 nitrogen and oxygen atoms in total. The topological polar surface area (TPSA) is 47.6 Å². The fraction of sp³-hybridized carbons (Fsp3) is 0.417. The van der Waals surface area contributed by atoms with Gasteiger partial charge in [0, 0.05) is 12.5 Å². The summed E-state index contributed by atoms with van der Waals surface area (Å²) in [7, 11) is 1.38.